The van der Waals surface area contributed by atoms with Crippen LogP contribution in [0.1, 0.15) is 10.5 Å². The van der Waals surface area contributed by atoms with Crippen LogP contribution in [0.2, 0.25) is 0 Å². The molecule has 1 aromatic heterocycles. The van der Waals surface area contributed by atoms with Crippen LogP contribution in [0.4, 0.5) is 17.6 Å². The second-order valence-corrected chi connectivity index (χ2v) is 2.38. The molecule has 0 bridgehead atoms. The van der Waals surface area contributed by atoms with Gasteiger partial charge in [-0.25, -0.2) is 9.37 Å². The Morgan fingerprint density at radius 3 is 2.53 bits per heavy atom. The van der Waals surface area contributed by atoms with Crippen LogP contribution in [0, 0.1) is 5.82 Å². The Bertz CT molecular complexity index is 391. The van der Waals surface area contributed by atoms with E-state index in [9.17, 15) is 22.4 Å². The molecule has 0 spiro atoms. The number of pyridine rings is 1. The molecular weight excluding hydrogens is 220 g/mol. The third kappa shape index (κ3) is 2.79. The lowest BCUT2D eigenvalue weighted by molar-refractivity contribution is -0.275. The van der Waals surface area contributed by atoms with Crippen molar-refractivity contribution < 1.29 is 27.1 Å². The molecule has 1 rings (SSSR count). The van der Waals surface area contributed by atoms with E-state index in [-0.39, 0.29) is 0 Å². The van der Waals surface area contributed by atoms with Gasteiger partial charge < -0.3 is 10.5 Å². The number of carbonyl (C=O) groups is 1. The average molecular weight is 224 g/mol. The van der Waals surface area contributed by atoms with E-state index in [1.54, 1.807) is 0 Å². The SMILES string of the molecule is NC(=O)c1nccc(OC(F)(F)F)c1F. The maximum absolute atomic E-state index is 13.1. The Kier molecular flexibility index (Phi) is 2.78. The lowest BCUT2D eigenvalue weighted by Gasteiger charge is -2.09. The van der Waals surface area contributed by atoms with Gasteiger partial charge in [0.05, 0.1) is 0 Å². The Hall–Kier alpha value is -1.86. The molecule has 4 nitrogen and oxygen atoms in total. The first-order valence-corrected chi connectivity index (χ1v) is 3.51. The van der Waals surface area contributed by atoms with E-state index in [4.69, 9.17) is 0 Å². The molecule has 2 N–H and O–H groups in total. The molecular formula is C7H4F4N2O2. The van der Waals surface area contributed by atoms with Crippen molar-refractivity contribution in [2.75, 3.05) is 0 Å². The Labute approximate surface area is 80.7 Å². The molecule has 0 aliphatic carbocycles. The molecule has 0 saturated heterocycles. The molecule has 0 unspecified atom stereocenters. The molecule has 0 aliphatic heterocycles. The average Bonchev–Trinajstić information content (AvgIpc) is 2.05. The zero-order valence-electron chi connectivity index (χ0n) is 7.01. The van der Waals surface area contributed by atoms with Gasteiger partial charge in [0.2, 0.25) is 0 Å². The van der Waals surface area contributed by atoms with Crippen molar-refractivity contribution in [3.63, 3.8) is 0 Å². The summed E-state index contributed by atoms with van der Waals surface area (Å²) < 4.78 is 51.6. The summed E-state index contributed by atoms with van der Waals surface area (Å²) in [5.41, 5.74) is 3.76. The minimum absolute atomic E-state index is 0.634. The van der Waals surface area contributed by atoms with Gasteiger partial charge in [-0.05, 0) is 0 Å². The predicted octanol–water partition coefficient (Wildman–Crippen LogP) is 1.22. The Morgan fingerprint density at radius 2 is 2.07 bits per heavy atom. The predicted molar refractivity (Wildman–Crippen MR) is 39.4 cm³/mol. The van der Waals surface area contributed by atoms with Crippen LogP contribution in [-0.4, -0.2) is 17.3 Å². The van der Waals surface area contributed by atoms with Crippen molar-refractivity contribution in [3.8, 4) is 5.75 Å². The second kappa shape index (κ2) is 3.71. The highest BCUT2D eigenvalue weighted by molar-refractivity contribution is 5.91. The molecule has 1 amide bonds. The third-order valence-electron chi connectivity index (χ3n) is 1.31. The van der Waals surface area contributed by atoms with E-state index in [0.717, 1.165) is 6.20 Å². The molecule has 1 heterocycles. The number of alkyl halides is 3. The van der Waals surface area contributed by atoms with Crippen LogP contribution in [0.15, 0.2) is 12.3 Å². The summed E-state index contributed by atoms with van der Waals surface area (Å²) in [7, 11) is 0. The Balaban J connectivity index is 3.10. The fourth-order valence-electron chi connectivity index (χ4n) is 0.801. The van der Waals surface area contributed by atoms with Gasteiger partial charge in [0.1, 0.15) is 0 Å². The van der Waals surface area contributed by atoms with Crippen molar-refractivity contribution in [3.05, 3.63) is 23.8 Å². The zero-order valence-corrected chi connectivity index (χ0v) is 7.01. The third-order valence-corrected chi connectivity index (χ3v) is 1.31. The van der Waals surface area contributed by atoms with Crippen molar-refractivity contribution in [1.29, 1.82) is 0 Å². The normalized spacial score (nSPS) is 11.2. The number of nitrogens with two attached hydrogens (primary N) is 1. The van der Waals surface area contributed by atoms with E-state index in [2.05, 4.69) is 15.5 Å². The van der Waals surface area contributed by atoms with E-state index < -0.39 is 29.5 Å². The Morgan fingerprint density at radius 1 is 1.47 bits per heavy atom. The van der Waals surface area contributed by atoms with E-state index in [1.165, 1.54) is 0 Å². The topological polar surface area (TPSA) is 65.2 Å². The maximum Gasteiger partial charge on any atom is 0.573 e. The van der Waals surface area contributed by atoms with Crippen LogP contribution in [0.25, 0.3) is 0 Å². The van der Waals surface area contributed by atoms with Crippen molar-refractivity contribution in [2.45, 2.75) is 6.36 Å². The highest BCUT2D eigenvalue weighted by Crippen LogP contribution is 2.25. The quantitative estimate of drug-likeness (QED) is 0.768. The van der Waals surface area contributed by atoms with Gasteiger partial charge in [0, 0.05) is 12.3 Å². The van der Waals surface area contributed by atoms with Crippen LogP contribution in [-0.2, 0) is 0 Å². The number of hydrogen-bond acceptors (Lipinski definition) is 3. The number of carbonyl (C=O) groups excluding carboxylic acids is 1. The van der Waals surface area contributed by atoms with Gasteiger partial charge in [-0.1, -0.05) is 0 Å². The molecule has 8 heteroatoms. The van der Waals surface area contributed by atoms with Gasteiger partial charge in [-0.15, -0.1) is 13.2 Å². The number of hydrogen-bond donors (Lipinski definition) is 1. The van der Waals surface area contributed by atoms with Crippen molar-refractivity contribution in [1.82, 2.24) is 4.98 Å². The first-order chi connectivity index (χ1) is 6.81. The van der Waals surface area contributed by atoms with E-state index in [1.807, 2.05) is 0 Å². The molecule has 0 fully saturated rings. The van der Waals surface area contributed by atoms with Gasteiger partial charge >= 0.3 is 6.36 Å². The fourth-order valence-corrected chi connectivity index (χ4v) is 0.801. The molecule has 82 valence electrons. The monoisotopic (exact) mass is 224 g/mol. The molecule has 0 saturated carbocycles. The smallest absolute Gasteiger partial charge is 0.403 e. The lowest BCUT2D eigenvalue weighted by atomic mass is 10.3. The number of aromatic nitrogens is 1. The number of rotatable bonds is 2. The molecule has 15 heavy (non-hydrogen) atoms. The summed E-state index contributed by atoms with van der Waals surface area (Å²) in [5, 5.41) is 0. The van der Waals surface area contributed by atoms with Crippen LogP contribution in [0.5, 0.6) is 5.75 Å². The molecule has 0 aliphatic rings. The van der Waals surface area contributed by atoms with Gasteiger partial charge in [0.25, 0.3) is 5.91 Å². The van der Waals surface area contributed by atoms with Crippen molar-refractivity contribution >= 4 is 5.91 Å². The van der Waals surface area contributed by atoms with Gasteiger partial charge in [-0.2, -0.15) is 0 Å². The van der Waals surface area contributed by atoms with E-state index >= 15 is 0 Å². The number of halogens is 4. The summed E-state index contributed by atoms with van der Waals surface area (Å²) in [6.07, 6.45) is -4.26. The minimum atomic E-state index is -5.04. The maximum atomic E-state index is 13.1. The summed E-state index contributed by atoms with van der Waals surface area (Å²) >= 11 is 0. The van der Waals surface area contributed by atoms with Crippen LogP contribution >= 0.6 is 0 Å². The van der Waals surface area contributed by atoms with Gasteiger partial charge in [-0.3, -0.25) is 4.79 Å². The second-order valence-electron chi connectivity index (χ2n) is 2.38. The molecule has 0 atom stereocenters. The number of primary amides is 1. The molecule has 1 aromatic rings. The fraction of sp³-hybridized carbons (Fsp3) is 0.143. The first kappa shape index (κ1) is 11.2. The minimum Gasteiger partial charge on any atom is -0.403 e. The number of amides is 1. The number of nitrogens with zero attached hydrogens (tertiary/aromatic N) is 1. The molecule has 0 radical (unpaired) electrons. The highest BCUT2D eigenvalue weighted by Gasteiger charge is 2.33. The molecule has 0 aromatic carbocycles. The lowest BCUT2D eigenvalue weighted by Crippen LogP contribution is -2.20. The first-order valence-electron chi connectivity index (χ1n) is 3.51. The highest BCUT2D eigenvalue weighted by atomic mass is 19.4. The number of ether oxygens (including phenoxy) is 1. The summed E-state index contributed by atoms with van der Waals surface area (Å²) in [6, 6.07) is 0.634. The summed E-state index contributed by atoms with van der Waals surface area (Å²) in [6.45, 7) is 0. The van der Waals surface area contributed by atoms with Crippen LogP contribution < -0.4 is 10.5 Å². The van der Waals surface area contributed by atoms with Crippen LogP contribution in [0.3, 0.4) is 0 Å². The van der Waals surface area contributed by atoms with E-state index in [0.29, 0.717) is 6.07 Å². The van der Waals surface area contributed by atoms with Gasteiger partial charge in [0.15, 0.2) is 17.3 Å². The van der Waals surface area contributed by atoms with Crippen molar-refractivity contribution in [2.24, 2.45) is 5.73 Å². The standard InChI is InChI=1S/C7H4F4N2O2/c8-4-3(15-7(9,10)11)1-2-13-5(4)6(12)14/h1-2H,(H2,12,14). The zero-order chi connectivity index (χ0) is 11.6. The largest absolute Gasteiger partial charge is 0.573 e. The summed E-state index contributed by atoms with van der Waals surface area (Å²) in [4.78, 5) is 13.7. The summed E-state index contributed by atoms with van der Waals surface area (Å²) in [5.74, 6) is -3.96.